The third kappa shape index (κ3) is 12.7. The highest BCUT2D eigenvalue weighted by Crippen LogP contribution is 2.08. The molecule has 0 aliphatic heterocycles. The van der Waals surface area contributed by atoms with Gasteiger partial charge in [-0.2, -0.15) is 0 Å². The van der Waals surface area contributed by atoms with Crippen LogP contribution >= 0.6 is 0 Å². The zero-order chi connectivity index (χ0) is 10.9. The molecule has 0 saturated heterocycles. The van der Waals surface area contributed by atoms with Gasteiger partial charge in [0.2, 0.25) is 0 Å². The second-order valence-corrected chi connectivity index (χ2v) is 11.0. The number of unbranched alkanes of at least 4 members (excludes halogenated alkanes) is 5. The summed E-state index contributed by atoms with van der Waals surface area (Å²) in [7, 11) is -1.20. The third-order valence-corrected chi connectivity index (χ3v) is 6.25. The largest absolute Gasteiger partial charge is 0.552 e. The first-order valence-corrected chi connectivity index (χ1v) is 10.8. The van der Waals surface area contributed by atoms with Crippen molar-refractivity contribution in [1.82, 2.24) is 0 Å². The van der Waals surface area contributed by atoms with E-state index in [1.165, 1.54) is 43.8 Å². The van der Waals surface area contributed by atoms with Crippen molar-refractivity contribution < 1.29 is 3.48 Å². The van der Waals surface area contributed by atoms with Crippen LogP contribution in [0.25, 0.3) is 0 Å². The van der Waals surface area contributed by atoms with Crippen LogP contribution in [0.3, 0.4) is 0 Å². The molecule has 0 aromatic heterocycles. The fourth-order valence-electron chi connectivity index (χ4n) is 1.32. The molecular weight excluding hydrogens is 203 g/mol. The van der Waals surface area contributed by atoms with Gasteiger partial charge in [0.05, 0.1) is 0 Å². The monoisotopic (exact) mass is 229 g/mol. The van der Waals surface area contributed by atoms with Crippen molar-refractivity contribution in [2.24, 2.45) is 0 Å². The first-order valence-electron chi connectivity index (χ1n) is 6.06. The summed E-state index contributed by atoms with van der Waals surface area (Å²) in [4.78, 5) is 0. The van der Waals surface area contributed by atoms with Crippen LogP contribution in [0.4, 0.5) is 0 Å². The second kappa shape index (κ2) is 8.97. The van der Waals surface area contributed by atoms with Crippen LogP contribution in [0.5, 0.6) is 0 Å². The summed E-state index contributed by atoms with van der Waals surface area (Å²) >= 11 is 0.293. The lowest BCUT2D eigenvalue weighted by Gasteiger charge is -2.17. The van der Waals surface area contributed by atoms with Gasteiger partial charge in [0.1, 0.15) is 0 Å². The first kappa shape index (κ1) is 14.7. The number of hydrogen-bond acceptors (Lipinski definition) is 1. The molecular formula is C11H26AlOSi. The number of rotatable bonds is 9. The Morgan fingerprint density at radius 1 is 0.929 bits per heavy atom. The standard InChI is InChI=1S/C8H17.C3H9OSi.Al/c1-3-5-7-8-6-4-2;1-5(2,3)4;/h1,3-8H2,2H3;1-3H3;/q;-1;+1. The normalized spacial score (nSPS) is 11.7. The Labute approximate surface area is 97.8 Å². The van der Waals surface area contributed by atoms with E-state index in [0.717, 1.165) is 0 Å². The molecule has 0 heterocycles. The van der Waals surface area contributed by atoms with Gasteiger partial charge in [-0.3, -0.25) is 0 Å². The van der Waals surface area contributed by atoms with Crippen molar-refractivity contribution in [3.8, 4) is 0 Å². The molecule has 0 N–H and O–H groups in total. The lowest BCUT2D eigenvalue weighted by atomic mass is 10.1. The molecule has 0 aromatic carbocycles. The van der Waals surface area contributed by atoms with Crippen LogP contribution in [0.2, 0.25) is 24.9 Å². The van der Waals surface area contributed by atoms with Crippen LogP contribution in [-0.4, -0.2) is 23.9 Å². The molecule has 1 radical (unpaired) electrons. The average Bonchev–Trinajstić information content (AvgIpc) is 2.08. The van der Waals surface area contributed by atoms with Gasteiger partial charge in [-0.25, -0.2) is 0 Å². The van der Waals surface area contributed by atoms with Crippen molar-refractivity contribution in [2.45, 2.75) is 70.4 Å². The molecule has 14 heavy (non-hydrogen) atoms. The third-order valence-electron chi connectivity index (χ3n) is 2.11. The van der Waals surface area contributed by atoms with Crippen LogP contribution in [0.1, 0.15) is 45.4 Å². The molecule has 0 saturated carbocycles. The van der Waals surface area contributed by atoms with Crippen molar-refractivity contribution >= 4 is 23.9 Å². The summed E-state index contributed by atoms with van der Waals surface area (Å²) in [6.45, 7) is 9.11. The average molecular weight is 229 g/mol. The Morgan fingerprint density at radius 2 is 1.50 bits per heavy atom. The Balaban J connectivity index is 2.99. The summed E-state index contributed by atoms with van der Waals surface area (Å²) in [6.07, 6.45) is 8.44. The lowest BCUT2D eigenvalue weighted by Crippen LogP contribution is -2.27. The Hall–Kier alpha value is 0.709. The quantitative estimate of drug-likeness (QED) is 0.424. The van der Waals surface area contributed by atoms with E-state index in [1.54, 1.807) is 0 Å². The van der Waals surface area contributed by atoms with E-state index in [2.05, 4.69) is 26.6 Å². The minimum Gasteiger partial charge on any atom is -0.552 e. The van der Waals surface area contributed by atoms with Crippen molar-refractivity contribution in [3.63, 3.8) is 0 Å². The molecule has 0 aromatic rings. The summed E-state index contributed by atoms with van der Waals surface area (Å²) in [5.74, 6) is 0. The summed E-state index contributed by atoms with van der Waals surface area (Å²) < 4.78 is 5.88. The van der Waals surface area contributed by atoms with Gasteiger partial charge < -0.3 is 3.48 Å². The predicted octanol–water partition coefficient (Wildman–Crippen LogP) is 4.24. The molecule has 0 rings (SSSR count). The first-order chi connectivity index (χ1) is 6.56. The van der Waals surface area contributed by atoms with Gasteiger partial charge in [0, 0.05) is 0 Å². The van der Waals surface area contributed by atoms with Gasteiger partial charge in [-0.05, 0) is 19.6 Å². The smallest absolute Gasteiger partial charge is 0.411 e. The van der Waals surface area contributed by atoms with Crippen molar-refractivity contribution in [1.29, 1.82) is 0 Å². The van der Waals surface area contributed by atoms with Crippen LogP contribution in [0.15, 0.2) is 0 Å². The molecule has 0 aliphatic carbocycles. The summed E-state index contributed by atoms with van der Waals surface area (Å²) in [5.41, 5.74) is 0. The minimum atomic E-state index is -1.20. The fourth-order valence-corrected chi connectivity index (χ4v) is 4.24. The SMILES string of the molecule is CCCCCCC[CH2][Al][O][Si](C)(C)C. The second-order valence-electron chi connectivity index (χ2n) is 4.95. The zero-order valence-corrected chi connectivity index (χ0v) is 12.6. The van der Waals surface area contributed by atoms with E-state index >= 15 is 0 Å². The molecule has 0 fully saturated rings. The molecule has 0 bridgehead atoms. The van der Waals surface area contributed by atoms with Gasteiger partial charge in [-0.1, -0.05) is 50.7 Å². The summed E-state index contributed by atoms with van der Waals surface area (Å²) in [6, 6.07) is 0. The number of hydrogen-bond donors (Lipinski definition) is 0. The zero-order valence-electron chi connectivity index (χ0n) is 10.4. The topological polar surface area (TPSA) is 9.23 Å². The highest BCUT2D eigenvalue weighted by atomic mass is 28.4. The van der Waals surface area contributed by atoms with Crippen LogP contribution in [0, 0.1) is 0 Å². The van der Waals surface area contributed by atoms with E-state index in [4.69, 9.17) is 3.48 Å². The molecule has 1 nitrogen and oxygen atoms in total. The summed E-state index contributed by atoms with van der Waals surface area (Å²) in [5, 5.41) is 1.34. The molecule has 0 spiro atoms. The van der Waals surface area contributed by atoms with Gasteiger partial charge >= 0.3 is 15.6 Å². The van der Waals surface area contributed by atoms with Crippen molar-refractivity contribution in [3.05, 3.63) is 0 Å². The Bertz CT molecular complexity index is 123. The minimum absolute atomic E-state index is 0.293. The maximum absolute atomic E-state index is 5.88. The van der Waals surface area contributed by atoms with E-state index in [0.29, 0.717) is 15.6 Å². The van der Waals surface area contributed by atoms with Crippen LogP contribution < -0.4 is 0 Å². The van der Waals surface area contributed by atoms with Gasteiger partial charge in [0.25, 0.3) is 0 Å². The van der Waals surface area contributed by atoms with Crippen molar-refractivity contribution in [2.75, 3.05) is 0 Å². The maximum Gasteiger partial charge on any atom is 0.411 e. The van der Waals surface area contributed by atoms with E-state index < -0.39 is 8.32 Å². The Morgan fingerprint density at radius 3 is 2.07 bits per heavy atom. The lowest BCUT2D eigenvalue weighted by molar-refractivity contribution is 0.578. The van der Waals surface area contributed by atoms with E-state index in [9.17, 15) is 0 Å². The van der Waals surface area contributed by atoms with E-state index in [1.807, 2.05) is 0 Å². The molecule has 0 atom stereocenters. The van der Waals surface area contributed by atoms with Gasteiger partial charge in [0.15, 0.2) is 8.32 Å². The maximum atomic E-state index is 5.88. The molecule has 0 aliphatic rings. The fraction of sp³-hybridized carbons (Fsp3) is 1.00. The highest BCUT2D eigenvalue weighted by molar-refractivity contribution is 6.73. The highest BCUT2D eigenvalue weighted by Gasteiger charge is 2.12. The van der Waals surface area contributed by atoms with E-state index in [-0.39, 0.29) is 0 Å². The molecule has 0 unspecified atom stereocenters. The molecule has 83 valence electrons. The van der Waals surface area contributed by atoms with Crippen LogP contribution in [-0.2, 0) is 3.48 Å². The predicted molar refractivity (Wildman–Crippen MR) is 68.4 cm³/mol. The van der Waals surface area contributed by atoms with Gasteiger partial charge in [-0.15, -0.1) is 0 Å². The Kier molecular flexibility index (Phi) is 9.43. The molecule has 3 heteroatoms. The molecule has 0 amide bonds.